The summed E-state index contributed by atoms with van der Waals surface area (Å²) in [6.07, 6.45) is -7.96. The second kappa shape index (κ2) is 17.8. The predicted octanol–water partition coefficient (Wildman–Crippen LogP) is 5.31. The van der Waals surface area contributed by atoms with Crippen LogP contribution in [0.5, 0.6) is 0 Å². The Kier molecular flexibility index (Phi) is 12.2. The number of nitrogens with zero attached hydrogens (tertiary/aromatic N) is 9. The van der Waals surface area contributed by atoms with Gasteiger partial charge in [-0.25, -0.2) is 38.7 Å². The molecule has 0 bridgehead atoms. The van der Waals surface area contributed by atoms with Crippen molar-refractivity contribution >= 4 is 53.4 Å². The molecule has 0 radical (unpaired) electrons. The Morgan fingerprint density at radius 2 is 1.34 bits per heavy atom. The Morgan fingerprint density at radius 3 is 1.87 bits per heavy atom. The molecule has 0 spiro atoms. The first-order valence-electron chi connectivity index (χ1n) is 19.2. The first-order valence-corrected chi connectivity index (χ1v) is 21.0. The molecule has 19 nitrogen and oxygen atoms in total. The van der Waals surface area contributed by atoms with Crippen LogP contribution >= 0.6 is 7.60 Å². The average molecular weight is 858 g/mol. The van der Waals surface area contributed by atoms with Crippen LogP contribution in [0.4, 0.5) is 20.4 Å². The van der Waals surface area contributed by atoms with Crippen molar-refractivity contribution in [3.8, 4) is 6.07 Å². The SMILES string of the molecule is CC[C@H]1OC(n2cnc3c(NC(=O)c4ccccc4)ncnc32)[C@H](F)[C@@H]1OP(=O)(CC[C@H]1OC(n2cnc3c(NC(=O)c4ccccc4)ncnc32)[C@H](F)[C@@H]1O)OCCC#N. The number of benzene rings is 2. The third-order valence-corrected chi connectivity index (χ3v) is 12.2. The van der Waals surface area contributed by atoms with Gasteiger partial charge in [-0.3, -0.25) is 27.8 Å². The number of halogens is 2. The number of ether oxygens (including phenoxy) is 2. The Bertz CT molecular complexity index is 2620. The normalized spacial score (nSPS) is 24.7. The van der Waals surface area contributed by atoms with Gasteiger partial charge in [-0.2, -0.15) is 5.26 Å². The molecule has 61 heavy (non-hydrogen) atoms. The lowest BCUT2D eigenvalue weighted by molar-refractivity contribution is -0.0259. The number of aliphatic hydroxyl groups excluding tert-OH is 1. The monoisotopic (exact) mass is 857 g/mol. The summed E-state index contributed by atoms with van der Waals surface area (Å²) in [4.78, 5) is 51.0. The van der Waals surface area contributed by atoms with Crippen molar-refractivity contribution in [1.29, 1.82) is 5.26 Å². The Balaban J connectivity index is 0.971. The number of alkyl halides is 2. The maximum Gasteiger partial charge on any atom is 0.331 e. The zero-order valence-corrected chi connectivity index (χ0v) is 33.2. The molecular formula is C39H38F2N11O8P. The summed E-state index contributed by atoms with van der Waals surface area (Å²) in [5, 5.41) is 25.6. The van der Waals surface area contributed by atoms with E-state index in [4.69, 9.17) is 18.5 Å². The summed E-state index contributed by atoms with van der Waals surface area (Å²) in [6, 6.07) is 18.8. The third-order valence-electron chi connectivity index (χ3n) is 10.2. The molecule has 9 atom stereocenters. The molecule has 6 aromatic rings. The molecule has 316 valence electrons. The van der Waals surface area contributed by atoms with Crippen LogP contribution in [-0.2, 0) is 23.1 Å². The highest BCUT2D eigenvalue weighted by molar-refractivity contribution is 7.53. The number of nitrogens with one attached hydrogen (secondary N) is 2. The van der Waals surface area contributed by atoms with Gasteiger partial charge in [-0.15, -0.1) is 0 Å². The maximum atomic E-state index is 16.6. The molecule has 0 saturated carbocycles. The minimum Gasteiger partial charge on any atom is -0.387 e. The van der Waals surface area contributed by atoms with E-state index in [0.29, 0.717) is 11.1 Å². The van der Waals surface area contributed by atoms with E-state index in [2.05, 4.69) is 40.5 Å². The lowest BCUT2D eigenvalue weighted by atomic mass is 10.1. The number of imidazole rings is 2. The van der Waals surface area contributed by atoms with Gasteiger partial charge < -0.3 is 29.7 Å². The van der Waals surface area contributed by atoms with Crippen LogP contribution in [-0.4, -0.2) is 105 Å². The highest BCUT2D eigenvalue weighted by atomic mass is 31.2. The van der Waals surface area contributed by atoms with Gasteiger partial charge in [0.1, 0.15) is 24.9 Å². The standard InChI is InChI=1S/C39H38F2N11O8P/c1-2-24-31(27(41)39(58-24)52-21-48-29-33(44-19-46-35(29)52)50-37(55)23-12-7-4-8-13-23)60-61(56,57-16-9-15-42)17-14-25-30(53)26(40)38(59-25)51-20-47-28-32(43-18-45-34(28)51)49-36(54)22-10-5-3-6-11-22/h3-8,10-13,18-21,24-27,30-31,38-39,53H,2,9,14,16-17H2,1H3,(H,43,45,49,54)(H,44,46,50,55)/t24-,25-,26-,27-,30-,31-,38?,39?,61?/m1/s1. The molecule has 4 aromatic heterocycles. The van der Waals surface area contributed by atoms with Gasteiger partial charge in [-0.05, 0) is 37.1 Å². The van der Waals surface area contributed by atoms with Crippen molar-refractivity contribution in [1.82, 2.24) is 39.0 Å². The minimum atomic E-state index is -4.32. The number of anilines is 2. The molecule has 0 aliphatic carbocycles. The molecule has 6 heterocycles. The molecule has 3 N–H and O–H groups in total. The number of carbonyl (C=O) groups excluding carboxylic acids is 2. The largest absolute Gasteiger partial charge is 0.387 e. The van der Waals surface area contributed by atoms with Crippen molar-refractivity contribution in [2.75, 3.05) is 23.4 Å². The molecule has 22 heteroatoms. The Hall–Kier alpha value is -6.14. The topological polar surface area (TPSA) is 243 Å². The van der Waals surface area contributed by atoms with Crippen LogP contribution in [0, 0.1) is 11.3 Å². The fourth-order valence-corrected chi connectivity index (χ4v) is 9.04. The molecule has 8 rings (SSSR count). The number of carbonyl (C=O) groups is 2. The summed E-state index contributed by atoms with van der Waals surface area (Å²) in [7, 11) is -4.32. The van der Waals surface area contributed by atoms with Crippen molar-refractivity contribution in [2.24, 2.45) is 0 Å². The van der Waals surface area contributed by atoms with Crippen LogP contribution in [0.3, 0.4) is 0 Å². The fourth-order valence-electron chi connectivity index (χ4n) is 7.19. The average Bonchev–Trinajstić information content (AvgIpc) is 4.05. The van der Waals surface area contributed by atoms with Crippen molar-refractivity contribution in [2.45, 2.75) is 75.4 Å². The van der Waals surface area contributed by atoms with Crippen LogP contribution in [0.2, 0.25) is 0 Å². The molecule has 2 saturated heterocycles. The minimum absolute atomic E-state index is 0.0666. The van der Waals surface area contributed by atoms with E-state index in [1.807, 2.05) is 6.07 Å². The second-order valence-electron chi connectivity index (χ2n) is 14.1. The van der Waals surface area contributed by atoms with E-state index in [-0.39, 0.29) is 59.8 Å². The zero-order valence-electron chi connectivity index (χ0n) is 32.3. The number of hydrogen-bond acceptors (Lipinski definition) is 15. The number of aromatic nitrogens is 8. The van der Waals surface area contributed by atoms with Crippen LogP contribution in [0.1, 0.15) is 59.4 Å². The summed E-state index contributed by atoms with van der Waals surface area (Å²) in [5.41, 5.74) is 1.30. The highest BCUT2D eigenvalue weighted by Crippen LogP contribution is 2.54. The molecule has 2 aliphatic heterocycles. The van der Waals surface area contributed by atoms with E-state index >= 15 is 8.78 Å². The number of hydrogen-bond donors (Lipinski definition) is 3. The molecule has 3 unspecified atom stereocenters. The number of amides is 2. The van der Waals surface area contributed by atoms with Gasteiger partial charge in [-0.1, -0.05) is 43.3 Å². The van der Waals surface area contributed by atoms with E-state index in [9.17, 15) is 24.5 Å². The predicted molar refractivity (Wildman–Crippen MR) is 211 cm³/mol. The van der Waals surface area contributed by atoms with Crippen LogP contribution in [0.25, 0.3) is 22.3 Å². The summed E-state index contributed by atoms with van der Waals surface area (Å²) in [6.45, 7) is 1.39. The Labute approximate surface area is 345 Å². The first-order chi connectivity index (χ1) is 29.6. The quantitative estimate of drug-likeness (QED) is 0.0875. The molecule has 2 fully saturated rings. The molecule has 2 aromatic carbocycles. The highest BCUT2D eigenvalue weighted by Gasteiger charge is 2.51. The second-order valence-corrected chi connectivity index (χ2v) is 16.2. The van der Waals surface area contributed by atoms with Crippen LogP contribution in [0.15, 0.2) is 86.0 Å². The lowest BCUT2D eigenvalue weighted by Crippen LogP contribution is -2.32. The van der Waals surface area contributed by atoms with E-state index < -0.39 is 74.8 Å². The van der Waals surface area contributed by atoms with Gasteiger partial charge in [0.15, 0.2) is 58.8 Å². The molecule has 2 amide bonds. The first kappa shape index (κ1) is 41.6. The summed E-state index contributed by atoms with van der Waals surface area (Å²) in [5.74, 6) is -0.748. The number of nitriles is 1. The van der Waals surface area contributed by atoms with Crippen molar-refractivity contribution in [3.05, 3.63) is 97.1 Å². The number of aliphatic hydroxyl groups is 1. The van der Waals surface area contributed by atoms with Gasteiger partial charge in [0.2, 0.25) is 0 Å². The van der Waals surface area contributed by atoms with Crippen LogP contribution < -0.4 is 10.6 Å². The van der Waals surface area contributed by atoms with Gasteiger partial charge >= 0.3 is 7.60 Å². The Morgan fingerprint density at radius 1 is 0.820 bits per heavy atom. The van der Waals surface area contributed by atoms with Gasteiger partial charge in [0.05, 0.1) is 50.1 Å². The van der Waals surface area contributed by atoms with Crippen molar-refractivity contribution < 1.29 is 46.6 Å². The lowest BCUT2D eigenvalue weighted by Gasteiger charge is -2.26. The number of fused-ring (bicyclic) bond motifs is 2. The molecule has 2 aliphatic rings. The number of rotatable bonds is 15. The smallest absolute Gasteiger partial charge is 0.331 e. The zero-order chi connectivity index (χ0) is 42.7. The van der Waals surface area contributed by atoms with Crippen molar-refractivity contribution in [3.63, 3.8) is 0 Å². The van der Waals surface area contributed by atoms with Gasteiger partial charge in [0, 0.05) is 11.1 Å². The van der Waals surface area contributed by atoms with E-state index in [1.54, 1.807) is 67.6 Å². The maximum absolute atomic E-state index is 16.6. The summed E-state index contributed by atoms with van der Waals surface area (Å²) >= 11 is 0. The molecular weight excluding hydrogens is 819 g/mol. The summed E-state index contributed by atoms with van der Waals surface area (Å²) < 4.78 is 73.1. The fraction of sp³-hybridized carbons (Fsp3) is 0.359. The van der Waals surface area contributed by atoms with Gasteiger partial charge in [0.25, 0.3) is 11.8 Å². The van der Waals surface area contributed by atoms with E-state index in [0.717, 1.165) is 6.33 Å². The third kappa shape index (κ3) is 8.46. The van der Waals surface area contributed by atoms with E-state index in [1.165, 1.54) is 28.1 Å².